The standard InChI is InChI=1S/C15H20N2O4S/c1-3-16-15(20)17-13(18)8-21-14(19)12-7-10-6-9(2)4-5-11(10)22-12/h7,9H,3-6,8H2,1-2H3,(H2,16,17,18,20)/t9-/m0/s1. The number of aryl methyl sites for hydroxylation is 1. The molecule has 7 heteroatoms. The molecule has 1 aromatic rings. The van der Waals surface area contributed by atoms with Gasteiger partial charge in [-0.05, 0) is 43.7 Å². The topological polar surface area (TPSA) is 84.5 Å². The van der Waals surface area contributed by atoms with E-state index in [9.17, 15) is 14.4 Å². The third-order valence-electron chi connectivity index (χ3n) is 3.46. The molecule has 120 valence electrons. The van der Waals surface area contributed by atoms with Gasteiger partial charge in [0.25, 0.3) is 5.91 Å². The molecule has 0 radical (unpaired) electrons. The Morgan fingerprint density at radius 2 is 2.18 bits per heavy atom. The Hall–Kier alpha value is -1.89. The zero-order chi connectivity index (χ0) is 16.1. The van der Waals surface area contributed by atoms with Crippen LogP contribution in [0.1, 0.15) is 40.4 Å². The van der Waals surface area contributed by atoms with E-state index in [4.69, 9.17) is 4.74 Å². The van der Waals surface area contributed by atoms with Crippen molar-refractivity contribution in [2.45, 2.75) is 33.1 Å². The van der Waals surface area contributed by atoms with Gasteiger partial charge < -0.3 is 10.1 Å². The summed E-state index contributed by atoms with van der Waals surface area (Å²) in [6.45, 7) is 3.89. The maximum atomic E-state index is 12.0. The van der Waals surface area contributed by atoms with Crippen LogP contribution in [-0.2, 0) is 22.4 Å². The summed E-state index contributed by atoms with van der Waals surface area (Å²) in [6, 6.07) is 1.27. The van der Waals surface area contributed by atoms with E-state index in [-0.39, 0.29) is 0 Å². The molecule has 0 saturated heterocycles. The molecule has 3 amide bonds. The fourth-order valence-corrected chi connectivity index (χ4v) is 3.48. The molecule has 0 unspecified atom stereocenters. The zero-order valence-electron chi connectivity index (χ0n) is 12.7. The second kappa shape index (κ2) is 7.40. The molecular weight excluding hydrogens is 304 g/mol. The van der Waals surface area contributed by atoms with E-state index in [0.717, 1.165) is 19.3 Å². The molecule has 1 aliphatic carbocycles. The third kappa shape index (κ3) is 4.30. The third-order valence-corrected chi connectivity index (χ3v) is 4.67. The number of amides is 3. The Bertz CT molecular complexity index is 582. The number of thiophene rings is 1. The second-order valence-corrected chi connectivity index (χ2v) is 6.53. The van der Waals surface area contributed by atoms with Gasteiger partial charge >= 0.3 is 12.0 Å². The van der Waals surface area contributed by atoms with Crippen molar-refractivity contribution in [3.63, 3.8) is 0 Å². The van der Waals surface area contributed by atoms with Crippen LogP contribution in [-0.4, -0.2) is 31.1 Å². The van der Waals surface area contributed by atoms with Crippen LogP contribution >= 0.6 is 11.3 Å². The predicted octanol–water partition coefficient (Wildman–Crippen LogP) is 1.88. The number of imide groups is 1. The molecule has 0 fully saturated rings. The lowest BCUT2D eigenvalue weighted by atomic mass is 9.90. The Morgan fingerprint density at radius 1 is 1.41 bits per heavy atom. The minimum Gasteiger partial charge on any atom is -0.451 e. The van der Waals surface area contributed by atoms with Crippen LogP contribution in [0, 0.1) is 5.92 Å². The molecule has 0 spiro atoms. The summed E-state index contributed by atoms with van der Waals surface area (Å²) < 4.78 is 4.95. The van der Waals surface area contributed by atoms with Crippen LogP contribution in [0.2, 0.25) is 0 Å². The van der Waals surface area contributed by atoms with E-state index in [2.05, 4.69) is 17.6 Å². The molecule has 6 nitrogen and oxygen atoms in total. The van der Waals surface area contributed by atoms with Gasteiger partial charge in [-0.2, -0.15) is 0 Å². The van der Waals surface area contributed by atoms with Crippen molar-refractivity contribution < 1.29 is 19.1 Å². The molecule has 0 aliphatic heterocycles. The summed E-state index contributed by atoms with van der Waals surface area (Å²) in [5, 5.41) is 4.50. The Morgan fingerprint density at radius 3 is 2.91 bits per heavy atom. The average molecular weight is 324 g/mol. The molecule has 1 heterocycles. The van der Waals surface area contributed by atoms with Gasteiger partial charge in [0.2, 0.25) is 0 Å². The molecule has 2 rings (SSSR count). The maximum absolute atomic E-state index is 12.0. The lowest BCUT2D eigenvalue weighted by Crippen LogP contribution is -2.41. The molecule has 2 N–H and O–H groups in total. The minimum absolute atomic E-state index is 0.415. The van der Waals surface area contributed by atoms with Crippen molar-refractivity contribution in [1.29, 1.82) is 0 Å². The number of nitrogens with one attached hydrogen (secondary N) is 2. The Labute approximate surface area is 133 Å². The molecular formula is C15H20N2O4S. The highest BCUT2D eigenvalue weighted by Crippen LogP contribution is 2.32. The largest absolute Gasteiger partial charge is 0.451 e. The van der Waals surface area contributed by atoms with Gasteiger partial charge in [-0.15, -0.1) is 11.3 Å². The first-order valence-corrected chi connectivity index (χ1v) is 8.17. The summed E-state index contributed by atoms with van der Waals surface area (Å²) in [4.78, 5) is 36.3. The Kier molecular flexibility index (Phi) is 5.54. The molecule has 1 aromatic heterocycles. The van der Waals surface area contributed by atoms with Crippen molar-refractivity contribution in [3.05, 3.63) is 21.4 Å². The van der Waals surface area contributed by atoms with Crippen molar-refractivity contribution in [3.8, 4) is 0 Å². The number of hydrogen-bond donors (Lipinski definition) is 2. The van der Waals surface area contributed by atoms with Crippen LogP contribution in [0.4, 0.5) is 4.79 Å². The number of hydrogen-bond acceptors (Lipinski definition) is 5. The number of carbonyl (C=O) groups excluding carboxylic acids is 3. The van der Waals surface area contributed by atoms with Gasteiger partial charge in [0, 0.05) is 11.4 Å². The first-order chi connectivity index (χ1) is 10.5. The highest BCUT2D eigenvalue weighted by atomic mass is 32.1. The van der Waals surface area contributed by atoms with Gasteiger partial charge in [-0.1, -0.05) is 6.92 Å². The Balaban J connectivity index is 1.85. The summed E-state index contributed by atoms with van der Waals surface area (Å²) in [5.74, 6) is -0.527. The van der Waals surface area contributed by atoms with E-state index >= 15 is 0 Å². The summed E-state index contributed by atoms with van der Waals surface area (Å²) in [5.41, 5.74) is 1.21. The van der Waals surface area contributed by atoms with Crippen LogP contribution in [0.5, 0.6) is 0 Å². The number of carbonyl (C=O) groups is 3. The minimum atomic E-state index is -0.644. The second-order valence-electron chi connectivity index (χ2n) is 5.39. The van der Waals surface area contributed by atoms with Gasteiger partial charge in [-0.3, -0.25) is 10.1 Å². The number of fused-ring (bicyclic) bond motifs is 1. The van der Waals surface area contributed by atoms with Crippen molar-refractivity contribution >= 4 is 29.2 Å². The number of rotatable bonds is 4. The van der Waals surface area contributed by atoms with E-state index < -0.39 is 24.5 Å². The van der Waals surface area contributed by atoms with E-state index in [1.165, 1.54) is 21.8 Å². The summed E-state index contributed by atoms with van der Waals surface area (Å²) in [6.07, 6.45) is 3.11. The first-order valence-electron chi connectivity index (χ1n) is 7.36. The van der Waals surface area contributed by atoms with Crippen molar-refractivity contribution in [2.24, 2.45) is 5.92 Å². The zero-order valence-corrected chi connectivity index (χ0v) is 13.5. The highest BCUT2D eigenvalue weighted by Gasteiger charge is 2.21. The number of ether oxygens (including phenoxy) is 1. The molecule has 0 aromatic carbocycles. The first kappa shape index (κ1) is 16.5. The van der Waals surface area contributed by atoms with Crippen LogP contribution in [0.15, 0.2) is 6.07 Å². The quantitative estimate of drug-likeness (QED) is 0.828. The molecule has 0 bridgehead atoms. The van der Waals surface area contributed by atoms with E-state index in [1.54, 1.807) is 6.92 Å². The van der Waals surface area contributed by atoms with Crippen molar-refractivity contribution in [1.82, 2.24) is 10.6 Å². The van der Waals surface area contributed by atoms with Crippen LogP contribution < -0.4 is 10.6 Å². The van der Waals surface area contributed by atoms with Crippen LogP contribution in [0.3, 0.4) is 0 Å². The predicted molar refractivity (Wildman–Crippen MR) is 83.0 cm³/mol. The molecule has 22 heavy (non-hydrogen) atoms. The fourth-order valence-electron chi connectivity index (χ4n) is 2.38. The van der Waals surface area contributed by atoms with Gasteiger partial charge in [0.1, 0.15) is 4.88 Å². The summed E-state index contributed by atoms with van der Waals surface area (Å²) in [7, 11) is 0. The van der Waals surface area contributed by atoms with Crippen molar-refractivity contribution in [2.75, 3.05) is 13.2 Å². The molecule has 1 aliphatic rings. The van der Waals surface area contributed by atoms with Gasteiger partial charge in [0.05, 0.1) is 0 Å². The van der Waals surface area contributed by atoms with E-state index in [0.29, 0.717) is 17.3 Å². The highest BCUT2D eigenvalue weighted by molar-refractivity contribution is 7.14. The number of urea groups is 1. The van der Waals surface area contributed by atoms with Gasteiger partial charge in [0.15, 0.2) is 6.61 Å². The summed E-state index contributed by atoms with van der Waals surface area (Å²) >= 11 is 1.43. The normalized spacial score (nSPS) is 16.5. The average Bonchev–Trinajstić information content (AvgIpc) is 2.88. The lowest BCUT2D eigenvalue weighted by Gasteiger charge is -2.16. The molecule has 0 saturated carbocycles. The van der Waals surface area contributed by atoms with Gasteiger partial charge in [-0.25, -0.2) is 9.59 Å². The SMILES string of the molecule is CCNC(=O)NC(=O)COC(=O)c1cc2c(s1)CC[C@H](C)C2. The fraction of sp³-hybridized carbons (Fsp3) is 0.533. The maximum Gasteiger partial charge on any atom is 0.348 e. The van der Waals surface area contributed by atoms with E-state index in [1.807, 2.05) is 6.07 Å². The molecule has 1 atom stereocenters. The smallest absolute Gasteiger partial charge is 0.348 e. The van der Waals surface area contributed by atoms with Crippen LogP contribution in [0.25, 0.3) is 0 Å². The number of esters is 1. The lowest BCUT2D eigenvalue weighted by molar-refractivity contribution is -0.123. The monoisotopic (exact) mass is 324 g/mol.